The zero-order valence-corrected chi connectivity index (χ0v) is 10.5. The molecule has 0 radical (unpaired) electrons. The normalized spacial score (nSPS) is 10.5. The van der Waals surface area contributed by atoms with Crippen LogP contribution in [-0.4, -0.2) is 5.11 Å². The van der Waals surface area contributed by atoms with E-state index >= 15 is 0 Å². The standard InChI is InChI=1S/C17H15NO/c19-17-7-3-6-16(11-17)18-12-13-8-9-14-4-1-2-5-15(14)10-13/h1-11,18-19H,12H2. The number of fused-ring (bicyclic) bond motifs is 1. The Morgan fingerprint density at radius 3 is 2.47 bits per heavy atom. The molecule has 0 aliphatic heterocycles. The third-order valence-corrected chi connectivity index (χ3v) is 3.16. The van der Waals surface area contributed by atoms with Gasteiger partial charge in [0, 0.05) is 18.3 Å². The zero-order chi connectivity index (χ0) is 13.1. The predicted molar refractivity (Wildman–Crippen MR) is 79.4 cm³/mol. The minimum Gasteiger partial charge on any atom is -0.508 e. The molecule has 94 valence electrons. The topological polar surface area (TPSA) is 32.3 Å². The second-order valence-corrected chi connectivity index (χ2v) is 4.59. The highest BCUT2D eigenvalue weighted by atomic mass is 16.3. The zero-order valence-electron chi connectivity index (χ0n) is 10.5. The Labute approximate surface area is 112 Å². The van der Waals surface area contributed by atoms with Gasteiger partial charge < -0.3 is 10.4 Å². The van der Waals surface area contributed by atoms with Gasteiger partial charge in [0.05, 0.1) is 0 Å². The van der Waals surface area contributed by atoms with E-state index in [0.29, 0.717) is 0 Å². The van der Waals surface area contributed by atoms with Crippen LogP contribution in [0.1, 0.15) is 5.56 Å². The molecule has 2 heteroatoms. The molecule has 0 heterocycles. The smallest absolute Gasteiger partial charge is 0.117 e. The van der Waals surface area contributed by atoms with Gasteiger partial charge in [-0.15, -0.1) is 0 Å². The van der Waals surface area contributed by atoms with E-state index in [0.717, 1.165) is 12.2 Å². The summed E-state index contributed by atoms with van der Waals surface area (Å²) in [5.41, 5.74) is 2.15. The van der Waals surface area contributed by atoms with Gasteiger partial charge in [0.15, 0.2) is 0 Å². The van der Waals surface area contributed by atoms with Crippen LogP contribution in [0.5, 0.6) is 5.75 Å². The maximum atomic E-state index is 9.41. The maximum Gasteiger partial charge on any atom is 0.117 e. The summed E-state index contributed by atoms with van der Waals surface area (Å²) in [6.45, 7) is 0.744. The fourth-order valence-corrected chi connectivity index (χ4v) is 2.17. The first-order chi connectivity index (χ1) is 9.31. The summed E-state index contributed by atoms with van der Waals surface area (Å²) >= 11 is 0. The molecule has 0 spiro atoms. The lowest BCUT2D eigenvalue weighted by atomic mass is 10.1. The Hall–Kier alpha value is -2.48. The average Bonchev–Trinajstić information content (AvgIpc) is 2.45. The second kappa shape index (κ2) is 5.02. The molecule has 0 aliphatic rings. The monoisotopic (exact) mass is 249 g/mol. The van der Waals surface area contributed by atoms with Gasteiger partial charge in [0.1, 0.15) is 5.75 Å². The van der Waals surface area contributed by atoms with Crippen LogP contribution in [0.15, 0.2) is 66.7 Å². The Morgan fingerprint density at radius 2 is 1.63 bits per heavy atom. The molecular formula is C17H15NO. The van der Waals surface area contributed by atoms with E-state index < -0.39 is 0 Å². The summed E-state index contributed by atoms with van der Waals surface area (Å²) in [5, 5.41) is 15.2. The van der Waals surface area contributed by atoms with Gasteiger partial charge in [-0.2, -0.15) is 0 Å². The number of phenols is 1. The Balaban J connectivity index is 1.78. The minimum absolute atomic E-state index is 0.281. The fourth-order valence-electron chi connectivity index (χ4n) is 2.17. The molecule has 0 saturated carbocycles. The van der Waals surface area contributed by atoms with E-state index in [9.17, 15) is 5.11 Å². The first-order valence-corrected chi connectivity index (χ1v) is 6.32. The molecule has 0 atom stereocenters. The summed E-state index contributed by atoms with van der Waals surface area (Å²) in [6.07, 6.45) is 0. The Kier molecular flexibility index (Phi) is 3.07. The number of aromatic hydroxyl groups is 1. The molecule has 0 aliphatic carbocycles. The van der Waals surface area contributed by atoms with Crippen molar-refractivity contribution in [3.8, 4) is 5.75 Å². The van der Waals surface area contributed by atoms with Crippen molar-refractivity contribution in [3.63, 3.8) is 0 Å². The van der Waals surface area contributed by atoms with Crippen molar-refractivity contribution < 1.29 is 5.11 Å². The number of hydrogen-bond donors (Lipinski definition) is 2. The van der Waals surface area contributed by atoms with E-state index in [1.807, 2.05) is 18.2 Å². The fraction of sp³-hybridized carbons (Fsp3) is 0.0588. The van der Waals surface area contributed by atoms with Crippen molar-refractivity contribution >= 4 is 16.5 Å². The molecule has 0 fully saturated rings. The van der Waals surface area contributed by atoms with Crippen molar-refractivity contribution in [1.82, 2.24) is 0 Å². The van der Waals surface area contributed by atoms with Gasteiger partial charge in [-0.25, -0.2) is 0 Å². The molecule has 0 aromatic heterocycles. The highest BCUT2D eigenvalue weighted by Crippen LogP contribution is 2.18. The van der Waals surface area contributed by atoms with Crippen LogP contribution in [0.2, 0.25) is 0 Å². The number of phenolic OH excluding ortho intramolecular Hbond substituents is 1. The molecule has 3 aromatic carbocycles. The van der Waals surface area contributed by atoms with Crippen LogP contribution in [0.3, 0.4) is 0 Å². The molecule has 0 saturated heterocycles. The lowest BCUT2D eigenvalue weighted by Crippen LogP contribution is -1.98. The van der Waals surface area contributed by atoms with Gasteiger partial charge in [-0.1, -0.05) is 42.5 Å². The van der Waals surface area contributed by atoms with Crippen LogP contribution in [-0.2, 0) is 6.54 Å². The highest BCUT2D eigenvalue weighted by molar-refractivity contribution is 5.83. The van der Waals surface area contributed by atoms with Gasteiger partial charge in [0.2, 0.25) is 0 Å². The summed E-state index contributed by atoms with van der Waals surface area (Å²) in [5.74, 6) is 0.281. The SMILES string of the molecule is Oc1cccc(NCc2ccc3ccccc3c2)c1. The molecule has 3 aromatic rings. The second-order valence-electron chi connectivity index (χ2n) is 4.59. The Bertz CT molecular complexity index is 706. The quantitative estimate of drug-likeness (QED) is 0.730. The van der Waals surface area contributed by atoms with Gasteiger partial charge in [-0.3, -0.25) is 0 Å². The number of hydrogen-bond acceptors (Lipinski definition) is 2. The largest absolute Gasteiger partial charge is 0.508 e. The van der Waals surface area contributed by atoms with Crippen LogP contribution >= 0.6 is 0 Å². The van der Waals surface area contributed by atoms with Gasteiger partial charge in [-0.05, 0) is 34.5 Å². The Morgan fingerprint density at radius 1 is 0.789 bits per heavy atom. The van der Waals surface area contributed by atoms with E-state index in [2.05, 4.69) is 41.7 Å². The van der Waals surface area contributed by atoms with E-state index in [4.69, 9.17) is 0 Å². The molecule has 0 bridgehead atoms. The average molecular weight is 249 g/mol. The number of benzene rings is 3. The van der Waals surface area contributed by atoms with E-state index in [-0.39, 0.29) is 5.75 Å². The highest BCUT2D eigenvalue weighted by Gasteiger charge is 1.97. The number of rotatable bonds is 3. The minimum atomic E-state index is 0.281. The predicted octanol–water partition coefficient (Wildman–Crippen LogP) is 4.16. The van der Waals surface area contributed by atoms with Crippen molar-refractivity contribution in [2.45, 2.75) is 6.54 Å². The molecule has 2 nitrogen and oxygen atoms in total. The summed E-state index contributed by atoms with van der Waals surface area (Å²) in [4.78, 5) is 0. The summed E-state index contributed by atoms with van der Waals surface area (Å²) in [6, 6.07) is 21.9. The molecular weight excluding hydrogens is 234 g/mol. The van der Waals surface area contributed by atoms with Crippen molar-refractivity contribution in [2.75, 3.05) is 5.32 Å². The third kappa shape index (κ3) is 2.68. The first-order valence-electron chi connectivity index (χ1n) is 6.32. The molecule has 3 rings (SSSR count). The lowest BCUT2D eigenvalue weighted by Gasteiger charge is -2.08. The van der Waals surface area contributed by atoms with Gasteiger partial charge >= 0.3 is 0 Å². The van der Waals surface area contributed by atoms with Crippen molar-refractivity contribution in [1.29, 1.82) is 0 Å². The van der Waals surface area contributed by atoms with Crippen LogP contribution in [0.25, 0.3) is 10.8 Å². The van der Waals surface area contributed by atoms with Crippen LogP contribution < -0.4 is 5.32 Å². The number of anilines is 1. The van der Waals surface area contributed by atoms with Crippen molar-refractivity contribution in [2.24, 2.45) is 0 Å². The molecule has 0 unspecified atom stereocenters. The first kappa shape index (κ1) is 11.6. The van der Waals surface area contributed by atoms with Crippen LogP contribution in [0.4, 0.5) is 5.69 Å². The van der Waals surface area contributed by atoms with Crippen LogP contribution in [0, 0.1) is 0 Å². The van der Waals surface area contributed by atoms with E-state index in [1.165, 1.54) is 16.3 Å². The molecule has 19 heavy (non-hydrogen) atoms. The van der Waals surface area contributed by atoms with Crippen molar-refractivity contribution in [3.05, 3.63) is 72.3 Å². The summed E-state index contributed by atoms with van der Waals surface area (Å²) in [7, 11) is 0. The van der Waals surface area contributed by atoms with E-state index in [1.54, 1.807) is 12.1 Å². The molecule has 2 N–H and O–H groups in total. The maximum absolute atomic E-state index is 9.41. The third-order valence-electron chi connectivity index (χ3n) is 3.16. The lowest BCUT2D eigenvalue weighted by molar-refractivity contribution is 0.475. The summed E-state index contributed by atoms with van der Waals surface area (Å²) < 4.78 is 0. The van der Waals surface area contributed by atoms with Gasteiger partial charge in [0.25, 0.3) is 0 Å². The molecule has 0 amide bonds. The number of nitrogens with one attached hydrogen (secondary N) is 1.